The van der Waals surface area contributed by atoms with Crippen LogP contribution in [-0.4, -0.2) is 12.6 Å². The first-order chi connectivity index (χ1) is 5.54. The molecular weight excluding hydrogens is 146 g/mol. The highest BCUT2D eigenvalue weighted by molar-refractivity contribution is 4.86. The molecule has 1 N–H and O–H groups in total. The lowest BCUT2D eigenvalue weighted by Gasteiger charge is -2.26. The Labute approximate surface area is 76.9 Å². The molecule has 0 spiro atoms. The molecular formula is C11H23N. The van der Waals surface area contributed by atoms with Crippen molar-refractivity contribution < 1.29 is 0 Å². The van der Waals surface area contributed by atoms with Gasteiger partial charge in [-0.25, -0.2) is 0 Å². The first kappa shape index (κ1) is 10.0. The van der Waals surface area contributed by atoms with E-state index in [1.807, 2.05) is 0 Å². The molecule has 0 aromatic rings. The largest absolute Gasteiger partial charge is 0.314 e. The molecule has 0 aliphatic heterocycles. The van der Waals surface area contributed by atoms with Crippen molar-refractivity contribution >= 4 is 0 Å². The van der Waals surface area contributed by atoms with Crippen LogP contribution in [0.15, 0.2) is 0 Å². The number of hydrogen-bond acceptors (Lipinski definition) is 1. The molecule has 1 aliphatic carbocycles. The first-order valence-corrected chi connectivity index (χ1v) is 5.27. The molecule has 0 saturated heterocycles. The number of rotatable bonds is 2. The molecule has 1 heteroatoms. The van der Waals surface area contributed by atoms with Gasteiger partial charge in [0.2, 0.25) is 0 Å². The van der Waals surface area contributed by atoms with Gasteiger partial charge in [0.15, 0.2) is 0 Å². The highest BCUT2D eigenvalue weighted by Crippen LogP contribution is 2.38. The van der Waals surface area contributed by atoms with Gasteiger partial charge in [-0.3, -0.25) is 0 Å². The molecule has 2 unspecified atom stereocenters. The van der Waals surface area contributed by atoms with E-state index in [0.29, 0.717) is 5.41 Å². The Morgan fingerprint density at radius 1 is 1.25 bits per heavy atom. The van der Waals surface area contributed by atoms with Gasteiger partial charge in [-0.2, -0.15) is 0 Å². The Morgan fingerprint density at radius 2 is 1.92 bits per heavy atom. The van der Waals surface area contributed by atoms with E-state index in [0.717, 1.165) is 18.5 Å². The minimum Gasteiger partial charge on any atom is -0.314 e. The maximum Gasteiger partial charge on any atom is 0.00698 e. The summed E-state index contributed by atoms with van der Waals surface area (Å²) in [6.45, 7) is 10.4. The molecule has 72 valence electrons. The second-order valence-electron chi connectivity index (χ2n) is 5.13. The van der Waals surface area contributed by atoms with Gasteiger partial charge in [-0.05, 0) is 37.1 Å². The zero-order valence-electron chi connectivity index (χ0n) is 8.98. The lowest BCUT2D eigenvalue weighted by atomic mass is 9.80. The van der Waals surface area contributed by atoms with Crippen LogP contribution < -0.4 is 5.32 Å². The average molecular weight is 169 g/mol. The van der Waals surface area contributed by atoms with Gasteiger partial charge < -0.3 is 5.32 Å². The molecule has 0 amide bonds. The van der Waals surface area contributed by atoms with Crippen molar-refractivity contribution in [1.82, 2.24) is 5.32 Å². The van der Waals surface area contributed by atoms with Crippen molar-refractivity contribution in [1.29, 1.82) is 0 Å². The van der Waals surface area contributed by atoms with Crippen LogP contribution in [0, 0.1) is 11.3 Å². The zero-order valence-corrected chi connectivity index (χ0v) is 8.98. The summed E-state index contributed by atoms with van der Waals surface area (Å²) < 4.78 is 0. The van der Waals surface area contributed by atoms with Crippen LogP contribution in [0.25, 0.3) is 0 Å². The monoisotopic (exact) mass is 169 g/mol. The van der Waals surface area contributed by atoms with Crippen molar-refractivity contribution in [2.24, 2.45) is 11.3 Å². The number of nitrogens with one attached hydrogen (secondary N) is 1. The zero-order chi connectivity index (χ0) is 9.19. The van der Waals surface area contributed by atoms with Crippen LogP contribution in [0.1, 0.15) is 47.0 Å². The minimum atomic E-state index is 0.518. The van der Waals surface area contributed by atoms with E-state index in [9.17, 15) is 0 Å². The van der Waals surface area contributed by atoms with Crippen LogP contribution in [0.3, 0.4) is 0 Å². The summed E-state index contributed by atoms with van der Waals surface area (Å²) in [5.74, 6) is 0.932. The topological polar surface area (TPSA) is 12.0 Å². The Bertz CT molecular complexity index is 134. The van der Waals surface area contributed by atoms with E-state index in [1.165, 1.54) is 19.3 Å². The Balaban J connectivity index is 2.35. The van der Waals surface area contributed by atoms with E-state index < -0.39 is 0 Å². The molecule has 0 aromatic carbocycles. The van der Waals surface area contributed by atoms with Crippen LogP contribution in [0.4, 0.5) is 0 Å². The fourth-order valence-corrected chi connectivity index (χ4v) is 2.24. The molecule has 1 fully saturated rings. The van der Waals surface area contributed by atoms with Crippen molar-refractivity contribution in [3.05, 3.63) is 0 Å². The summed E-state index contributed by atoms with van der Waals surface area (Å²) in [4.78, 5) is 0. The van der Waals surface area contributed by atoms with E-state index in [1.54, 1.807) is 0 Å². The van der Waals surface area contributed by atoms with Crippen molar-refractivity contribution in [3.63, 3.8) is 0 Å². The third-order valence-corrected chi connectivity index (χ3v) is 3.15. The van der Waals surface area contributed by atoms with Crippen molar-refractivity contribution in [2.75, 3.05) is 6.54 Å². The predicted octanol–water partition coefficient (Wildman–Crippen LogP) is 2.81. The Kier molecular flexibility index (Phi) is 3.16. The second kappa shape index (κ2) is 3.78. The molecule has 0 radical (unpaired) electrons. The second-order valence-corrected chi connectivity index (χ2v) is 5.13. The van der Waals surface area contributed by atoms with Crippen LogP contribution in [0.2, 0.25) is 0 Å². The minimum absolute atomic E-state index is 0.518. The SMILES string of the molecule is CCNC1CCC(C(C)(C)C)C1. The average Bonchev–Trinajstić information content (AvgIpc) is 2.35. The summed E-state index contributed by atoms with van der Waals surface area (Å²) in [5.41, 5.74) is 0.518. The van der Waals surface area contributed by atoms with E-state index in [4.69, 9.17) is 0 Å². The smallest absolute Gasteiger partial charge is 0.00698 e. The van der Waals surface area contributed by atoms with E-state index in [-0.39, 0.29) is 0 Å². The molecule has 0 aromatic heterocycles. The fraction of sp³-hybridized carbons (Fsp3) is 1.00. The molecule has 12 heavy (non-hydrogen) atoms. The van der Waals surface area contributed by atoms with Gasteiger partial charge >= 0.3 is 0 Å². The summed E-state index contributed by atoms with van der Waals surface area (Å²) in [5, 5.41) is 3.55. The van der Waals surface area contributed by atoms with Gasteiger partial charge in [-0.15, -0.1) is 0 Å². The quantitative estimate of drug-likeness (QED) is 0.670. The fourth-order valence-electron chi connectivity index (χ4n) is 2.24. The third-order valence-electron chi connectivity index (χ3n) is 3.15. The van der Waals surface area contributed by atoms with Crippen molar-refractivity contribution in [3.8, 4) is 0 Å². The van der Waals surface area contributed by atoms with E-state index >= 15 is 0 Å². The molecule has 1 rings (SSSR count). The molecule has 1 aliphatic rings. The van der Waals surface area contributed by atoms with Gasteiger partial charge in [0, 0.05) is 6.04 Å². The summed E-state index contributed by atoms with van der Waals surface area (Å²) in [7, 11) is 0. The maximum absolute atomic E-state index is 3.55. The normalized spacial score (nSPS) is 31.0. The maximum atomic E-state index is 3.55. The van der Waals surface area contributed by atoms with Crippen LogP contribution in [-0.2, 0) is 0 Å². The van der Waals surface area contributed by atoms with E-state index in [2.05, 4.69) is 33.0 Å². The van der Waals surface area contributed by atoms with Gasteiger partial charge in [0.05, 0.1) is 0 Å². The molecule has 0 heterocycles. The van der Waals surface area contributed by atoms with Gasteiger partial charge in [-0.1, -0.05) is 27.7 Å². The molecule has 1 saturated carbocycles. The molecule has 0 bridgehead atoms. The first-order valence-electron chi connectivity index (χ1n) is 5.27. The lowest BCUT2D eigenvalue weighted by Crippen LogP contribution is -2.27. The molecule has 1 nitrogen and oxygen atoms in total. The predicted molar refractivity (Wildman–Crippen MR) is 54.3 cm³/mol. The highest BCUT2D eigenvalue weighted by Gasteiger charge is 2.32. The van der Waals surface area contributed by atoms with Gasteiger partial charge in [0.25, 0.3) is 0 Å². The van der Waals surface area contributed by atoms with Crippen LogP contribution >= 0.6 is 0 Å². The third kappa shape index (κ3) is 2.48. The summed E-state index contributed by atoms with van der Waals surface area (Å²) in [6, 6.07) is 0.805. The lowest BCUT2D eigenvalue weighted by molar-refractivity contribution is 0.241. The Hall–Kier alpha value is -0.0400. The highest BCUT2D eigenvalue weighted by atomic mass is 14.9. The number of hydrogen-bond donors (Lipinski definition) is 1. The standard InChI is InChI=1S/C11H23N/c1-5-12-10-7-6-9(8-10)11(2,3)4/h9-10,12H,5-8H2,1-4H3. The van der Waals surface area contributed by atoms with Crippen LogP contribution in [0.5, 0.6) is 0 Å². The summed E-state index contributed by atoms with van der Waals surface area (Å²) in [6.07, 6.45) is 4.19. The van der Waals surface area contributed by atoms with Crippen molar-refractivity contribution in [2.45, 2.75) is 53.0 Å². The molecule has 2 atom stereocenters. The van der Waals surface area contributed by atoms with Gasteiger partial charge in [0.1, 0.15) is 0 Å². The summed E-state index contributed by atoms with van der Waals surface area (Å²) >= 11 is 0. The Morgan fingerprint density at radius 3 is 2.33 bits per heavy atom.